The first-order valence-electron chi connectivity index (χ1n) is 7.89. The van der Waals surface area contributed by atoms with Crippen molar-refractivity contribution in [3.8, 4) is 0 Å². The fourth-order valence-electron chi connectivity index (χ4n) is 2.99. The summed E-state index contributed by atoms with van der Waals surface area (Å²) in [5.41, 5.74) is 2.37. The van der Waals surface area contributed by atoms with Gasteiger partial charge in [-0.25, -0.2) is 4.79 Å². The van der Waals surface area contributed by atoms with E-state index in [2.05, 4.69) is 18.8 Å². The SMILES string of the molecule is Cc1c(C)n2c3c(=O)n(CCC(C)C)c(=O)n(C)c3nc2n1C. The molecule has 0 amide bonds. The molecule has 0 spiro atoms. The molecule has 124 valence electrons. The molecule has 0 unspecified atom stereocenters. The van der Waals surface area contributed by atoms with Gasteiger partial charge in [0.2, 0.25) is 5.78 Å². The Labute approximate surface area is 133 Å². The van der Waals surface area contributed by atoms with Crippen molar-refractivity contribution in [2.75, 3.05) is 0 Å². The molecule has 0 saturated carbocycles. The number of hydrogen-bond donors (Lipinski definition) is 0. The second-order valence-corrected chi connectivity index (χ2v) is 6.63. The van der Waals surface area contributed by atoms with E-state index in [1.807, 2.05) is 29.9 Å². The van der Waals surface area contributed by atoms with E-state index in [4.69, 9.17) is 0 Å². The predicted molar refractivity (Wildman–Crippen MR) is 90.1 cm³/mol. The first-order valence-corrected chi connectivity index (χ1v) is 7.89. The summed E-state index contributed by atoms with van der Waals surface area (Å²) < 4.78 is 6.60. The number of imidazole rings is 2. The van der Waals surface area contributed by atoms with Crippen LogP contribution in [-0.4, -0.2) is 23.1 Å². The van der Waals surface area contributed by atoms with Crippen LogP contribution in [0.5, 0.6) is 0 Å². The van der Waals surface area contributed by atoms with Gasteiger partial charge in [-0.15, -0.1) is 0 Å². The van der Waals surface area contributed by atoms with E-state index in [0.717, 1.165) is 17.8 Å². The number of fused-ring (bicyclic) bond motifs is 3. The van der Waals surface area contributed by atoms with Gasteiger partial charge >= 0.3 is 5.69 Å². The molecule has 3 aromatic heterocycles. The van der Waals surface area contributed by atoms with Crippen LogP contribution in [0.2, 0.25) is 0 Å². The Balaban J connectivity index is 2.45. The number of rotatable bonds is 3. The number of hydrogen-bond acceptors (Lipinski definition) is 3. The van der Waals surface area contributed by atoms with Crippen LogP contribution in [-0.2, 0) is 20.6 Å². The van der Waals surface area contributed by atoms with Gasteiger partial charge in [0.15, 0.2) is 11.2 Å². The second kappa shape index (κ2) is 5.11. The molecule has 7 heteroatoms. The van der Waals surface area contributed by atoms with Crippen molar-refractivity contribution in [2.24, 2.45) is 20.0 Å². The van der Waals surface area contributed by atoms with E-state index < -0.39 is 0 Å². The highest BCUT2D eigenvalue weighted by molar-refractivity contribution is 5.76. The summed E-state index contributed by atoms with van der Waals surface area (Å²) in [4.78, 5) is 30.0. The molecular formula is C16H23N5O2. The first-order chi connectivity index (χ1) is 10.8. The highest BCUT2D eigenvalue weighted by Crippen LogP contribution is 2.19. The van der Waals surface area contributed by atoms with Crippen LogP contribution in [0.3, 0.4) is 0 Å². The Kier molecular flexibility index (Phi) is 3.46. The molecule has 0 aliphatic carbocycles. The second-order valence-electron chi connectivity index (χ2n) is 6.63. The molecule has 3 aromatic rings. The van der Waals surface area contributed by atoms with Crippen molar-refractivity contribution >= 4 is 16.9 Å². The lowest BCUT2D eigenvalue weighted by Crippen LogP contribution is -2.39. The van der Waals surface area contributed by atoms with Crippen molar-refractivity contribution < 1.29 is 0 Å². The van der Waals surface area contributed by atoms with Crippen LogP contribution in [0.4, 0.5) is 0 Å². The summed E-state index contributed by atoms with van der Waals surface area (Å²) in [6.45, 7) is 8.55. The fourth-order valence-corrected chi connectivity index (χ4v) is 2.99. The smallest absolute Gasteiger partial charge is 0.317 e. The van der Waals surface area contributed by atoms with Crippen molar-refractivity contribution in [1.82, 2.24) is 23.1 Å². The zero-order chi connectivity index (χ0) is 17.0. The Morgan fingerprint density at radius 1 is 1.04 bits per heavy atom. The predicted octanol–water partition coefficient (Wildman–Crippen LogP) is 1.35. The minimum Gasteiger partial charge on any atom is -0.317 e. The Morgan fingerprint density at radius 2 is 1.70 bits per heavy atom. The fraction of sp³-hybridized carbons (Fsp3) is 0.562. The van der Waals surface area contributed by atoms with Crippen LogP contribution < -0.4 is 11.2 Å². The molecule has 0 fully saturated rings. The summed E-state index contributed by atoms with van der Waals surface area (Å²) in [5.74, 6) is 1.11. The van der Waals surface area contributed by atoms with Gasteiger partial charge in [-0.3, -0.25) is 18.3 Å². The third-order valence-electron chi connectivity index (χ3n) is 4.72. The first kappa shape index (κ1) is 15.6. The van der Waals surface area contributed by atoms with Gasteiger partial charge in [0.25, 0.3) is 5.56 Å². The monoisotopic (exact) mass is 317 g/mol. The lowest BCUT2D eigenvalue weighted by Gasteiger charge is -2.09. The molecule has 0 aliphatic rings. The highest BCUT2D eigenvalue weighted by atomic mass is 16.2. The molecule has 7 nitrogen and oxygen atoms in total. The minimum atomic E-state index is -0.305. The van der Waals surface area contributed by atoms with Crippen LogP contribution in [0, 0.1) is 19.8 Å². The third-order valence-corrected chi connectivity index (χ3v) is 4.72. The molecule has 3 rings (SSSR count). The maximum absolute atomic E-state index is 12.9. The number of aromatic nitrogens is 5. The van der Waals surface area contributed by atoms with Gasteiger partial charge in [0.05, 0.1) is 0 Å². The van der Waals surface area contributed by atoms with Crippen molar-refractivity contribution in [3.63, 3.8) is 0 Å². The summed E-state index contributed by atoms with van der Waals surface area (Å²) >= 11 is 0. The standard InChI is InChI=1S/C16H23N5O2/c1-9(2)7-8-20-14(22)12-13(19(6)16(20)23)17-15-18(5)10(3)11(4)21(12)15/h9H,7-8H2,1-6H3. The van der Waals surface area contributed by atoms with Gasteiger partial charge in [0.1, 0.15) is 0 Å². The normalized spacial score (nSPS) is 12.1. The van der Waals surface area contributed by atoms with Crippen LogP contribution in [0.15, 0.2) is 9.59 Å². The van der Waals surface area contributed by atoms with E-state index in [0.29, 0.717) is 29.4 Å². The zero-order valence-corrected chi connectivity index (χ0v) is 14.5. The highest BCUT2D eigenvalue weighted by Gasteiger charge is 2.21. The van der Waals surface area contributed by atoms with Crippen molar-refractivity contribution in [3.05, 3.63) is 32.2 Å². The van der Waals surface area contributed by atoms with Crippen molar-refractivity contribution in [1.29, 1.82) is 0 Å². The molecule has 0 atom stereocenters. The van der Waals surface area contributed by atoms with E-state index in [1.54, 1.807) is 7.05 Å². The van der Waals surface area contributed by atoms with E-state index in [9.17, 15) is 9.59 Å². The van der Waals surface area contributed by atoms with Gasteiger partial charge < -0.3 is 4.57 Å². The summed E-state index contributed by atoms with van der Waals surface area (Å²) in [7, 11) is 3.59. The molecule has 0 N–H and O–H groups in total. The van der Waals surface area contributed by atoms with E-state index in [1.165, 1.54) is 9.13 Å². The maximum atomic E-state index is 12.9. The molecular weight excluding hydrogens is 294 g/mol. The molecule has 0 radical (unpaired) electrons. The van der Waals surface area contributed by atoms with Gasteiger partial charge in [-0.05, 0) is 26.2 Å². The quantitative estimate of drug-likeness (QED) is 0.732. The van der Waals surface area contributed by atoms with Gasteiger partial charge in [-0.1, -0.05) is 13.8 Å². The van der Waals surface area contributed by atoms with Gasteiger partial charge in [-0.2, -0.15) is 4.98 Å². The number of nitrogens with zero attached hydrogens (tertiary/aromatic N) is 5. The van der Waals surface area contributed by atoms with Crippen LogP contribution >= 0.6 is 0 Å². The van der Waals surface area contributed by atoms with Gasteiger partial charge in [0, 0.05) is 32.0 Å². The van der Waals surface area contributed by atoms with Crippen molar-refractivity contribution in [2.45, 2.75) is 40.7 Å². The minimum absolute atomic E-state index is 0.259. The summed E-state index contributed by atoms with van der Waals surface area (Å²) in [5, 5.41) is 0. The summed E-state index contributed by atoms with van der Waals surface area (Å²) in [6, 6.07) is 0. The Morgan fingerprint density at radius 3 is 2.30 bits per heavy atom. The Bertz CT molecular complexity index is 1030. The topological polar surface area (TPSA) is 66.2 Å². The molecule has 3 heterocycles. The lowest BCUT2D eigenvalue weighted by atomic mass is 10.1. The average molecular weight is 317 g/mol. The third kappa shape index (κ3) is 2.06. The van der Waals surface area contributed by atoms with Crippen LogP contribution in [0.25, 0.3) is 16.9 Å². The molecule has 23 heavy (non-hydrogen) atoms. The lowest BCUT2D eigenvalue weighted by molar-refractivity contribution is 0.488. The molecule has 0 aliphatic heterocycles. The van der Waals surface area contributed by atoms with E-state index >= 15 is 0 Å². The largest absolute Gasteiger partial charge is 0.332 e. The Hall–Kier alpha value is -2.31. The zero-order valence-electron chi connectivity index (χ0n) is 14.5. The average Bonchev–Trinajstić information content (AvgIpc) is 2.98. The summed E-state index contributed by atoms with van der Waals surface area (Å²) in [6.07, 6.45) is 0.787. The molecule has 0 aromatic carbocycles. The van der Waals surface area contributed by atoms with Crippen LogP contribution in [0.1, 0.15) is 31.7 Å². The number of aryl methyl sites for hydroxylation is 3. The maximum Gasteiger partial charge on any atom is 0.332 e. The van der Waals surface area contributed by atoms with E-state index in [-0.39, 0.29) is 11.2 Å². The molecule has 0 bridgehead atoms. The molecule has 0 saturated heterocycles.